The number of anilines is 1. The van der Waals surface area contributed by atoms with Crippen molar-refractivity contribution in [2.45, 2.75) is 13.5 Å². The number of carbonyl (C=O) groups is 1. The summed E-state index contributed by atoms with van der Waals surface area (Å²) in [5, 5.41) is 13.4. The molecule has 1 N–H and O–H groups in total. The van der Waals surface area contributed by atoms with Crippen LogP contribution in [0.4, 0.5) is 5.69 Å². The zero-order chi connectivity index (χ0) is 19.4. The Labute approximate surface area is 157 Å². The summed E-state index contributed by atoms with van der Waals surface area (Å²) in [6.45, 7) is 2.78. The maximum atomic E-state index is 11.7. The topological polar surface area (TPSA) is 76.3 Å². The molecule has 0 spiro atoms. The molecular formula is C21H21N3O3. The SMILES string of the molecule is CCn1c(-c2ccc(NC(=O)COC)cc2)c(C#N)c2cc(OC)ccc21. The van der Waals surface area contributed by atoms with Crippen LogP contribution in [0, 0.1) is 11.3 Å². The summed E-state index contributed by atoms with van der Waals surface area (Å²) in [6, 6.07) is 15.6. The van der Waals surface area contributed by atoms with Crippen LogP contribution in [-0.2, 0) is 16.1 Å². The van der Waals surface area contributed by atoms with Crippen molar-refractivity contribution in [3.8, 4) is 23.1 Å². The smallest absolute Gasteiger partial charge is 0.250 e. The fourth-order valence-corrected chi connectivity index (χ4v) is 3.24. The van der Waals surface area contributed by atoms with Crippen LogP contribution in [0.3, 0.4) is 0 Å². The van der Waals surface area contributed by atoms with Gasteiger partial charge in [0, 0.05) is 24.7 Å². The summed E-state index contributed by atoms with van der Waals surface area (Å²) in [6.07, 6.45) is 0. The quantitative estimate of drug-likeness (QED) is 0.723. The van der Waals surface area contributed by atoms with Gasteiger partial charge in [-0.1, -0.05) is 12.1 Å². The lowest BCUT2D eigenvalue weighted by Crippen LogP contribution is -2.16. The summed E-state index contributed by atoms with van der Waals surface area (Å²) in [5.41, 5.74) is 4.05. The number of rotatable bonds is 6. The first-order chi connectivity index (χ1) is 13.1. The number of aryl methyl sites for hydroxylation is 1. The Morgan fingerprint density at radius 1 is 1.19 bits per heavy atom. The number of ether oxygens (including phenoxy) is 2. The highest BCUT2D eigenvalue weighted by Crippen LogP contribution is 2.35. The van der Waals surface area contributed by atoms with Gasteiger partial charge in [-0.3, -0.25) is 4.79 Å². The van der Waals surface area contributed by atoms with Crippen LogP contribution >= 0.6 is 0 Å². The van der Waals surface area contributed by atoms with E-state index in [-0.39, 0.29) is 12.5 Å². The number of nitrogens with zero attached hydrogens (tertiary/aromatic N) is 2. The van der Waals surface area contributed by atoms with Crippen LogP contribution < -0.4 is 10.1 Å². The second-order valence-corrected chi connectivity index (χ2v) is 6.02. The van der Waals surface area contributed by atoms with E-state index in [1.165, 1.54) is 7.11 Å². The van der Waals surface area contributed by atoms with Crippen LogP contribution in [0.25, 0.3) is 22.2 Å². The molecule has 27 heavy (non-hydrogen) atoms. The van der Waals surface area contributed by atoms with Crippen LogP contribution in [0.2, 0.25) is 0 Å². The van der Waals surface area contributed by atoms with E-state index in [1.54, 1.807) is 7.11 Å². The van der Waals surface area contributed by atoms with Gasteiger partial charge in [0.15, 0.2) is 0 Å². The normalized spacial score (nSPS) is 10.6. The number of amides is 1. The van der Waals surface area contributed by atoms with E-state index in [0.717, 1.165) is 34.5 Å². The average Bonchev–Trinajstić information content (AvgIpc) is 3.01. The highest BCUT2D eigenvalue weighted by molar-refractivity contribution is 5.96. The van der Waals surface area contributed by atoms with Crippen molar-refractivity contribution >= 4 is 22.5 Å². The molecule has 0 aliphatic heterocycles. The molecule has 138 valence electrons. The Kier molecular flexibility index (Phi) is 5.43. The van der Waals surface area contributed by atoms with Gasteiger partial charge in [-0.25, -0.2) is 0 Å². The molecule has 2 aromatic carbocycles. The van der Waals surface area contributed by atoms with Gasteiger partial charge >= 0.3 is 0 Å². The molecule has 6 nitrogen and oxygen atoms in total. The van der Waals surface area contributed by atoms with Crippen molar-refractivity contribution in [2.75, 3.05) is 26.1 Å². The Balaban J connectivity index is 2.08. The highest BCUT2D eigenvalue weighted by atomic mass is 16.5. The Hall–Kier alpha value is -3.30. The Bertz CT molecular complexity index is 1010. The van der Waals surface area contributed by atoms with Crippen molar-refractivity contribution in [2.24, 2.45) is 0 Å². The largest absolute Gasteiger partial charge is 0.497 e. The summed E-state index contributed by atoms with van der Waals surface area (Å²) < 4.78 is 12.3. The van der Waals surface area contributed by atoms with E-state index in [9.17, 15) is 10.1 Å². The van der Waals surface area contributed by atoms with E-state index < -0.39 is 0 Å². The van der Waals surface area contributed by atoms with Crippen molar-refractivity contribution in [1.29, 1.82) is 5.26 Å². The molecule has 1 amide bonds. The first-order valence-corrected chi connectivity index (χ1v) is 8.62. The lowest BCUT2D eigenvalue weighted by molar-refractivity contribution is -0.119. The summed E-state index contributed by atoms with van der Waals surface area (Å²) >= 11 is 0. The minimum Gasteiger partial charge on any atom is -0.497 e. The van der Waals surface area contributed by atoms with E-state index in [1.807, 2.05) is 49.4 Å². The molecule has 1 aromatic heterocycles. The second kappa shape index (κ2) is 7.94. The molecule has 0 saturated carbocycles. The predicted molar refractivity (Wildman–Crippen MR) is 105 cm³/mol. The highest BCUT2D eigenvalue weighted by Gasteiger charge is 2.18. The lowest BCUT2D eigenvalue weighted by atomic mass is 10.1. The first-order valence-electron chi connectivity index (χ1n) is 8.62. The number of nitrogens with one attached hydrogen (secondary N) is 1. The van der Waals surface area contributed by atoms with Gasteiger partial charge in [0.05, 0.1) is 23.9 Å². The van der Waals surface area contributed by atoms with Crippen LogP contribution in [0.5, 0.6) is 5.75 Å². The van der Waals surface area contributed by atoms with E-state index in [0.29, 0.717) is 11.3 Å². The van der Waals surface area contributed by atoms with Crippen molar-refractivity contribution < 1.29 is 14.3 Å². The fourth-order valence-electron chi connectivity index (χ4n) is 3.24. The van der Waals surface area contributed by atoms with Gasteiger partial charge in [0.25, 0.3) is 0 Å². The third-order valence-electron chi connectivity index (χ3n) is 4.42. The van der Waals surface area contributed by atoms with Crippen molar-refractivity contribution in [3.05, 3.63) is 48.0 Å². The molecular weight excluding hydrogens is 342 g/mol. The fraction of sp³-hybridized carbons (Fsp3) is 0.238. The number of nitriles is 1. The molecule has 6 heteroatoms. The number of hydrogen-bond acceptors (Lipinski definition) is 4. The van der Waals surface area contributed by atoms with Gasteiger partial charge in [-0.15, -0.1) is 0 Å². The number of benzene rings is 2. The minimum atomic E-state index is -0.210. The molecule has 0 fully saturated rings. The number of fused-ring (bicyclic) bond motifs is 1. The van der Waals surface area contributed by atoms with Gasteiger partial charge in [0.2, 0.25) is 5.91 Å². The molecule has 3 aromatic rings. The molecule has 0 radical (unpaired) electrons. The van der Waals surface area contributed by atoms with Gasteiger partial charge in [-0.05, 0) is 42.8 Å². The Morgan fingerprint density at radius 2 is 1.93 bits per heavy atom. The zero-order valence-corrected chi connectivity index (χ0v) is 15.6. The molecule has 0 saturated heterocycles. The summed E-state index contributed by atoms with van der Waals surface area (Å²) in [7, 11) is 3.09. The van der Waals surface area contributed by atoms with Gasteiger partial charge in [-0.2, -0.15) is 5.26 Å². The monoisotopic (exact) mass is 363 g/mol. The van der Waals surface area contributed by atoms with E-state index >= 15 is 0 Å². The van der Waals surface area contributed by atoms with E-state index in [4.69, 9.17) is 9.47 Å². The molecule has 1 heterocycles. The van der Waals surface area contributed by atoms with Crippen molar-refractivity contribution in [1.82, 2.24) is 4.57 Å². The van der Waals surface area contributed by atoms with Crippen LogP contribution in [0.1, 0.15) is 12.5 Å². The van der Waals surface area contributed by atoms with Gasteiger partial charge < -0.3 is 19.4 Å². The molecule has 0 aliphatic rings. The van der Waals surface area contributed by atoms with E-state index in [2.05, 4.69) is 16.0 Å². The number of hydrogen-bond donors (Lipinski definition) is 1. The standard InChI is InChI=1S/C21H21N3O3/c1-4-24-19-10-9-16(27-3)11-17(19)18(12-22)21(24)14-5-7-15(8-6-14)23-20(25)13-26-2/h5-11H,4,13H2,1-3H3,(H,23,25). The molecule has 0 aliphatic carbocycles. The summed E-state index contributed by atoms with van der Waals surface area (Å²) in [5.74, 6) is 0.507. The first kappa shape index (κ1) is 18.5. The maximum absolute atomic E-state index is 11.7. The molecule has 0 unspecified atom stereocenters. The van der Waals surface area contributed by atoms with Crippen LogP contribution in [-0.4, -0.2) is 31.3 Å². The third kappa shape index (κ3) is 3.50. The third-order valence-corrected chi connectivity index (χ3v) is 4.42. The number of methoxy groups -OCH3 is 2. The summed E-state index contributed by atoms with van der Waals surface area (Å²) in [4.78, 5) is 11.7. The lowest BCUT2D eigenvalue weighted by Gasteiger charge is -2.10. The zero-order valence-electron chi connectivity index (χ0n) is 15.6. The number of aromatic nitrogens is 1. The maximum Gasteiger partial charge on any atom is 0.250 e. The molecule has 0 bridgehead atoms. The average molecular weight is 363 g/mol. The van der Waals surface area contributed by atoms with Crippen molar-refractivity contribution in [3.63, 3.8) is 0 Å². The Morgan fingerprint density at radius 3 is 2.52 bits per heavy atom. The van der Waals surface area contributed by atoms with Gasteiger partial charge in [0.1, 0.15) is 18.4 Å². The molecule has 3 rings (SSSR count). The minimum absolute atomic E-state index is 0.00619. The second-order valence-electron chi connectivity index (χ2n) is 6.02. The predicted octanol–water partition coefficient (Wildman–Crippen LogP) is 3.79. The number of carbonyl (C=O) groups excluding carboxylic acids is 1. The van der Waals surface area contributed by atoms with Crippen LogP contribution in [0.15, 0.2) is 42.5 Å². The molecule has 0 atom stereocenters.